The zero-order chi connectivity index (χ0) is 13.1. The third-order valence-corrected chi connectivity index (χ3v) is 4.15. The molecule has 2 rings (SSSR count). The number of carbonyl (C=O) groups is 1. The van der Waals surface area contributed by atoms with E-state index in [-0.39, 0.29) is 5.91 Å². The first-order chi connectivity index (χ1) is 8.56. The van der Waals surface area contributed by atoms with Crippen molar-refractivity contribution >= 4 is 66.0 Å². The van der Waals surface area contributed by atoms with Crippen molar-refractivity contribution in [3.05, 3.63) is 60.5 Å². The van der Waals surface area contributed by atoms with Gasteiger partial charge in [0, 0.05) is 18.1 Å². The molecule has 0 saturated carbocycles. The first-order valence-corrected chi connectivity index (χ1v) is 7.75. The van der Waals surface area contributed by atoms with Crippen LogP contribution in [0.25, 0.3) is 0 Å². The van der Waals surface area contributed by atoms with Gasteiger partial charge in [-0.15, -0.1) is 0 Å². The zero-order valence-corrected chi connectivity index (χ0v) is 14.4. The molecular formula is C13H8Br2INO. The van der Waals surface area contributed by atoms with E-state index in [0.29, 0.717) is 5.56 Å². The first kappa shape index (κ1) is 14.0. The molecule has 0 unspecified atom stereocenters. The minimum Gasteiger partial charge on any atom is -0.321 e. The van der Waals surface area contributed by atoms with Crippen molar-refractivity contribution in [1.82, 2.24) is 0 Å². The topological polar surface area (TPSA) is 29.1 Å². The summed E-state index contributed by atoms with van der Waals surface area (Å²) in [5, 5.41) is 2.89. The number of hydrogen-bond acceptors (Lipinski definition) is 1. The summed E-state index contributed by atoms with van der Waals surface area (Å²) in [6.45, 7) is 0. The molecule has 2 nitrogen and oxygen atoms in total. The van der Waals surface area contributed by atoms with Gasteiger partial charge in [0.1, 0.15) is 0 Å². The smallest absolute Gasteiger partial charge is 0.255 e. The third-order valence-electron chi connectivity index (χ3n) is 2.27. The van der Waals surface area contributed by atoms with Crippen LogP contribution in [0, 0.1) is 3.57 Å². The fourth-order valence-corrected chi connectivity index (χ4v) is 3.25. The number of hydrogen-bond donors (Lipinski definition) is 1. The summed E-state index contributed by atoms with van der Waals surface area (Å²) in [6, 6.07) is 13.0. The molecule has 1 amide bonds. The van der Waals surface area contributed by atoms with Crippen LogP contribution in [0.2, 0.25) is 0 Å². The molecule has 0 bridgehead atoms. The number of amides is 1. The molecule has 0 aliphatic rings. The Morgan fingerprint density at radius 2 is 1.78 bits per heavy atom. The molecule has 18 heavy (non-hydrogen) atoms. The highest BCUT2D eigenvalue weighted by Gasteiger charge is 2.08. The van der Waals surface area contributed by atoms with Crippen molar-refractivity contribution in [2.45, 2.75) is 0 Å². The minimum absolute atomic E-state index is 0.114. The van der Waals surface area contributed by atoms with Gasteiger partial charge in [-0.05, 0) is 59.0 Å². The van der Waals surface area contributed by atoms with Gasteiger partial charge in [-0.2, -0.15) is 0 Å². The van der Waals surface area contributed by atoms with Crippen LogP contribution in [0.5, 0.6) is 0 Å². The van der Waals surface area contributed by atoms with Crippen LogP contribution in [0.3, 0.4) is 0 Å². The van der Waals surface area contributed by atoms with Gasteiger partial charge in [-0.25, -0.2) is 0 Å². The van der Waals surface area contributed by atoms with E-state index in [9.17, 15) is 4.79 Å². The van der Waals surface area contributed by atoms with Crippen molar-refractivity contribution in [2.24, 2.45) is 0 Å². The number of rotatable bonds is 2. The molecule has 0 radical (unpaired) electrons. The largest absolute Gasteiger partial charge is 0.321 e. The Labute approximate surface area is 136 Å². The van der Waals surface area contributed by atoms with Crippen LogP contribution < -0.4 is 5.32 Å². The van der Waals surface area contributed by atoms with Gasteiger partial charge < -0.3 is 5.32 Å². The summed E-state index contributed by atoms with van der Waals surface area (Å²) in [5.41, 5.74) is 1.44. The molecule has 2 aromatic carbocycles. The van der Waals surface area contributed by atoms with Crippen LogP contribution in [0.1, 0.15) is 10.4 Å². The third kappa shape index (κ3) is 3.55. The van der Waals surface area contributed by atoms with Crippen molar-refractivity contribution in [2.75, 3.05) is 5.32 Å². The predicted octanol–water partition coefficient (Wildman–Crippen LogP) is 5.07. The summed E-state index contributed by atoms with van der Waals surface area (Å²) in [6.07, 6.45) is 0. The van der Waals surface area contributed by atoms with E-state index in [1.54, 1.807) is 12.1 Å². The molecular weight excluding hydrogens is 473 g/mol. The Morgan fingerprint density at radius 3 is 2.44 bits per heavy atom. The fourth-order valence-electron chi connectivity index (χ4n) is 1.42. The van der Waals surface area contributed by atoms with E-state index in [2.05, 4.69) is 59.8 Å². The van der Waals surface area contributed by atoms with Gasteiger partial charge in [0.25, 0.3) is 5.91 Å². The van der Waals surface area contributed by atoms with Gasteiger partial charge in [0.15, 0.2) is 0 Å². The molecule has 0 saturated heterocycles. The lowest BCUT2D eigenvalue weighted by molar-refractivity contribution is 0.102. The first-order valence-electron chi connectivity index (χ1n) is 5.08. The standard InChI is InChI=1S/C13H8Br2INO/c14-9-3-1-2-8(6-9)13(18)17-12-5-4-10(15)7-11(12)16/h1-7H,(H,17,18). The van der Waals surface area contributed by atoms with E-state index < -0.39 is 0 Å². The molecule has 0 spiro atoms. The predicted molar refractivity (Wildman–Crippen MR) is 89.0 cm³/mol. The van der Waals surface area contributed by atoms with Crippen LogP contribution >= 0.6 is 54.5 Å². The number of halogens is 3. The lowest BCUT2D eigenvalue weighted by Gasteiger charge is -2.08. The van der Waals surface area contributed by atoms with Crippen molar-refractivity contribution in [3.8, 4) is 0 Å². The second kappa shape index (κ2) is 6.16. The Bertz CT molecular complexity index is 601. The Hall–Kier alpha value is -0.400. The maximum atomic E-state index is 12.1. The maximum absolute atomic E-state index is 12.1. The highest BCUT2D eigenvalue weighted by Crippen LogP contribution is 2.23. The number of carbonyl (C=O) groups excluding carboxylic acids is 1. The molecule has 0 aromatic heterocycles. The van der Waals surface area contributed by atoms with Crippen molar-refractivity contribution in [3.63, 3.8) is 0 Å². The SMILES string of the molecule is O=C(Nc1ccc(Br)cc1I)c1cccc(Br)c1. The van der Waals surface area contributed by atoms with Gasteiger partial charge in [-0.1, -0.05) is 37.9 Å². The average molecular weight is 481 g/mol. The van der Waals surface area contributed by atoms with Crippen LogP contribution in [-0.4, -0.2) is 5.91 Å². The summed E-state index contributed by atoms with van der Waals surface area (Å²) >= 11 is 8.94. The van der Waals surface area contributed by atoms with Gasteiger partial charge in [0.2, 0.25) is 0 Å². The average Bonchev–Trinajstić information content (AvgIpc) is 2.32. The normalized spacial score (nSPS) is 10.2. The molecule has 0 fully saturated rings. The monoisotopic (exact) mass is 479 g/mol. The molecule has 0 aliphatic heterocycles. The van der Waals surface area contributed by atoms with E-state index in [1.165, 1.54) is 0 Å². The van der Waals surface area contributed by atoms with Crippen molar-refractivity contribution < 1.29 is 4.79 Å². The second-order valence-electron chi connectivity index (χ2n) is 3.59. The Kier molecular flexibility index (Phi) is 4.80. The minimum atomic E-state index is -0.114. The van der Waals surface area contributed by atoms with E-state index in [0.717, 1.165) is 18.2 Å². The fraction of sp³-hybridized carbons (Fsp3) is 0. The van der Waals surface area contributed by atoms with Crippen LogP contribution in [-0.2, 0) is 0 Å². The lowest BCUT2D eigenvalue weighted by atomic mass is 10.2. The molecule has 1 N–H and O–H groups in total. The molecule has 2 aromatic rings. The van der Waals surface area contributed by atoms with Crippen LogP contribution in [0.4, 0.5) is 5.69 Å². The summed E-state index contributed by atoms with van der Waals surface area (Å²) in [5.74, 6) is -0.114. The van der Waals surface area contributed by atoms with E-state index >= 15 is 0 Å². The molecule has 0 heterocycles. The van der Waals surface area contributed by atoms with E-state index in [4.69, 9.17) is 0 Å². The highest BCUT2D eigenvalue weighted by atomic mass is 127. The summed E-state index contributed by atoms with van der Waals surface area (Å²) < 4.78 is 2.87. The highest BCUT2D eigenvalue weighted by molar-refractivity contribution is 14.1. The Morgan fingerprint density at radius 1 is 1.06 bits per heavy atom. The van der Waals surface area contributed by atoms with E-state index in [1.807, 2.05) is 30.3 Å². The Balaban J connectivity index is 2.21. The quantitative estimate of drug-likeness (QED) is 0.597. The number of anilines is 1. The summed E-state index contributed by atoms with van der Waals surface area (Å²) in [4.78, 5) is 12.1. The maximum Gasteiger partial charge on any atom is 0.255 e. The molecule has 0 aliphatic carbocycles. The van der Waals surface area contributed by atoms with Crippen LogP contribution in [0.15, 0.2) is 51.4 Å². The molecule has 92 valence electrons. The second-order valence-corrected chi connectivity index (χ2v) is 6.58. The summed E-state index contributed by atoms with van der Waals surface area (Å²) in [7, 11) is 0. The number of benzene rings is 2. The van der Waals surface area contributed by atoms with Gasteiger partial charge >= 0.3 is 0 Å². The van der Waals surface area contributed by atoms with Crippen molar-refractivity contribution in [1.29, 1.82) is 0 Å². The molecule has 5 heteroatoms. The number of nitrogens with one attached hydrogen (secondary N) is 1. The molecule has 0 atom stereocenters. The van der Waals surface area contributed by atoms with Gasteiger partial charge in [0.05, 0.1) is 5.69 Å². The lowest BCUT2D eigenvalue weighted by Crippen LogP contribution is -2.12. The zero-order valence-electron chi connectivity index (χ0n) is 9.08. The van der Waals surface area contributed by atoms with Gasteiger partial charge in [-0.3, -0.25) is 4.79 Å².